The summed E-state index contributed by atoms with van der Waals surface area (Å²) in [5.74, 6) is 0.848. The lowest BCUT2D eigenvalue weighted by Crippen LogP contribution is -2.36. The predicted octanol–water partition coefficient (Wildman–Crippen LogP) is 14.2. The van der Waals surface area contributed by atoms with E-state index in [0.717, 1.165) is 81.5 Å². The molecule has 0 saturated heterocycles. The van der Waals surface area contributed by atoms with E-state index in [-0.39, 0.29) is 22.0 Å². The van der Waals surface area contributed by atoms with E-state index in [1.807, 2.05) is 42.6 Å². The molecule has 0 aliphatic heterocycles. The molecule has 1 saturated carbocycles. The van der Waals surface area contributed by atoms with Gasteiger partial charge in [-0.05, 0) is 137 Å². The Hall–Kier alpha value is -6.26. The Kier molecular flexibility index (Phi) is 8.74. The minimum atomic E-state index is -2.16. The third-order valence-corrected chi connectivity index (χ3v) is 13.0. The second-order valence-electron chi connectivity index (χ2n) is 18.1. The molecule has 1 fully saturated rings. The van der Waals surface area contributed by atoms with Gasteiger partial charge < -0.3 is 5.11 Å². The number of fused-ring (bicyclic) bond motifs is 1. The molecule has 0 amide bonds. The largest absolute Gasteiger partial charge is 0.507 e. The highest BCUT2D eigenvalue weighted by molar-refractivity contribution is 5.96. The van der Waals surface area contributed by atoms with Crippen LogP contribution in [0, 0.1) is 6.85 Å². The van der Waals surface area contributed by atoms with E-state index in [2.05, 4.69) is 136 Å². The smallest absolute Gasteiger partial charge is 0.149 e. The monoisotopic (exact) mass is 774 g/mol. The van der Waals surface area contributed by atoms with Crippen molar-refractivity contribution >= 4 is 11.0 Å². The Morgan fingerprint density at radius 1 is 0.610 bits per heavy atom. The number of hydrogen-bond donors (Lipinski definition) is 1. The molecular weight excluding hydrogens is 719 g/mol. The molecule has 4 nitrogen and oxygen atoms in total. The van der Waals surface area contributed by atoms with Gasteiger partial charge in [0.05, 0.1) is 22.3 Å². The zero-order valence-corrected chi connectivity index (χ0v) is 34.6. The van der Waals surface area contributed by atoms with Gasteiger partial charge in [0.2, 0.25) is 0 Å². The minimum Gasteiger partial charge on any atom is -0.507 e. The quantitative estimate of drug-likeness (QED) is 0.175. The topological polar surface area (TPSA) is 50.9 Å². The number of rotatable bonds is 7. The molecule has 0 unspecified atom stereocenters. The van der Waals surface area contributed by atoms with Crippen LogP contribution in [0.3, 0.4) is 0 Å². The first-order chi connectivity index (χ1) is 29.6. The molecule has 0 spiro atoms. The number of aryl methyl sites for hydroxylation is 1. The summed E-state index contributed by atoms with van der Waals surface area (Å²) in [4.78, 5) is 10.2. The number of phenols is 1. The third-order valence-electron chi connectivity index (χ3n) is 13.0. The zero-order valence-electron chi connectivity index (χ0n) is 37.6. The standard InChI is InChI=1S/C55H53N3O/c1-37-19-21-38(22-20-37)39-27-32-56-48(36-39)41-33-40(34-44(35-41)53(2,3)4)46-16-12-17-49-51(46)57-52(47-15-10-11-18-50(47)59)58(49)45-25-23-43(24-26-45)55(6)30-28-54(5,29-31-55)42-13-8-7-9-14-42/h7-27,32-36,59H,28-31H2,1-6H3/i1D3. The van der Waals surface area contributed by atoms with E-state index in [0.29, 0.717) is 17.0 Å². The maximum atomic E-state index is 11.3. The van der Waals surface area contributed by atoms with E-state index in [1.165, 1.54) is 11.1 Å². The second kappa shape index (κ2) is 14.8. The molecule has 0 radical (unpaired) electrons. The van der Waals surface area contributed by atoms with Crippen LogP contribution in [0.5, 0.6) is 5.75 Å². The number of imidazole rings is 1. The zero-order chi connectivity index (χ0) is 43.4. The van der Waals surface area contributed by atoms with E-state index in [1.54, 1.807) is 18.2 Å². The van der Waals surface area contributed by atoms with Gasteiger partial charge >= 0.3 is 0 Å². The lowest BCUT2D eigenvalue weighted by Gasteiger charge is -2.44. The van der Waals surface area contributed by atoms with Crippen LogP contribution in [-0.4, -0.2) is 19.6 Å². The van der Waals surface area contributed by atoms with Crippen molar-refractivity contribution in [3.8, 4) is 56.3 Å². The molecule has 0 bridgehead atoms. The van der Waals surface area contributed by atoms with Crippen molar-refractivity contribution in [2.75, 3.05) is 0 Å². The fraction of sp³-hybridized carbons (Fsp3) is 0.236. The number of nitrogens with zero attached hydrogens (tertiary/aromatic N) is 3. The molecular formula is C55H53N3O. The number of aromatic hydroxyl groups is 1. The van der Waals surface area contributed by atoms with Gasteiger partial charge in [0.25, 0.3) is 0 Å². The molecule has 59 heavy (non-hydrogen) atoms. The van der Waals surface area contributed by atoms with Gasteiger partial charge in [-0.3, -0.25) is 9.55 Å². The van der Waals surface area contributed by atoms with Crippen LogP contribution in [0.15, 0.2) is 158 Å². The number of hydrogen-bond acceptors (Lipinski definition) is 3. The molecule has 9 rings (SSSR count). The van der Waals surface area contributed by atoms with Crippen LogP contribution in [0.4, 0.5) is 0 Å². The molecule has 294 valence electrons. The maximum Gasteiger partial charge on any atom is 0.149 e. The Bertz CT molecular complexity index is 2900. The summed E-state index contributed by atoms with van der Waals surface area (Å²) in [6.45, 7) is 9.35. The minimum absolute atomic E-state index is 0.0754. The number of phenolic OH excluding ortho intramolecular Hbond substituents is 1. The molecule has 4 heteroatoms. The first kappa shape index (κ1) is 34.8. The fourth-order valence-electron chi connectivity index (χ4n) is 9.02. The molecule has 1 N–H and O–H groups in total. The van der Waals surface area contributed by atoms with Crippen molar-refractivity contribution in [2.24, 2.45) is 0 Å². The number of benzene rings is 6. The summed E-state index contributed by atoms with van der Waals surface area (Å²) in [5, 5.41) is 11.3. The van der Waals surface area contributed by atoms with Crippen LogP contribution in [0.25, 0.3) is 61.6 Å². The summed E-state index contributed by atoms with van der Waals surface area (Å²) in [5.41, 5.74) is 13.5. The third kappa shape index (κ3) is 7.26. The molecule has 1 aliphatic rings. The van der Waals surface area contributed by atoms with Crippen molar-refractivity contribution in [3.05, 3.63) is 180 Å². The second-order valence-corrected chi connectivity index (χ2v) is 18.1. The average molecular weight is 775 g/mol. The highest BCUT2D eigenvalue weighted by Gasteiger charge is 2.39. The molecule has 8 aromatic rings. The van der Waals surface area contributed by atoms with E-state index < -0.39 is 6.85 Å². The van der Waals surface area contributed by atoms with Crippen LogP contribution in [0.1, 0.15) is 86.7 Å². The van der Waals surface area contributed by atoms with Gasteiger partial charge in [0, 0.05) is 27.1 Å². The molecule has 1 aliphatic carbocycles. The predicted molar refractivity (Wildman–Crippen MR) is 245 cm³/mol. The van der Waals surface area contributed by atoms with Gasteiger partial charge in [0.15, 0.2) is 0 Å². The van der Waals surface area contributed by atoms with Crippen molar-refractivity contribution < 1.29 is 9.22 Å². The first-order valence-corrected chi connectivity index (χ1v) is 20.8. The highest BCUT2D eigenvalue weighted by atomic mass is 16.3. The van der Waals surface area contributed by atoms with Crippen molar-refractivity contribution in [3.63, 3.8) is 0 Å². The van der Waals surface area contributed by atoms with Gasteiger partial charge in [-0.2, -0.15) is 0 Å². The summed E-state index contributed by atoms with van der Waals surface area (Å²) >= 11 is 0. The molecule has 2 aromatic heterocycles. The van der Waals surface area contributed by atoms with Gasteiger partial charge in [-0.15, -0.1) is 0 Å². The molecule has 2 heterocycles. The fourth-order valence-corrected chi connectivity index (χ4v) is 9.02. The summed E-state index contributed by atoms with van der Waals surface area (Å²) in [6.07, 6.45) is 6.34. The molecule has 0 atom stereocenters. The Morgan fingerprint density at radius 2 is 1.25 bits per heavy atom. The highest BCUT2D eigenvalue weighted by Crippen LogP contribution is 2.48. The van der Waals surface area contributed by atoms with Crippen molar-refractivity contribution in [2.45, 2.75) is 83.4 Å². The normalized spacial score (nSPS) is 19.2. The Labute approximate surface area is 353 Å². The molecule has 6 aromatic carbocycles. The number of pyridine rings is 1. The van der Waals surface area contributed by atoms with Crippen molar-refractivity contribution in [1.29, 1.82) is 0 Å². The van der Waals surface area contributed by atoms with E-state index in [4.69, 9.17) is 14.1 Å². The van der Waals surface area contributed by atoms with Gasteiger partial charge in [-0.25, -0.2) is 4.98 Å². The SMILES string of the molecule is [2H]C([2H])([2H])c1ccc(-c2ccnc(-c3cc(-c4cccc5c4nc(-c4ccccc4O)n5-c4ccc(C5(C)CCC(C)(c6ccccc6)CC5)cc4)cc(C(C)(C)C)c3)c2)cc1. The van der Waals surface area contributed by atoms with Crippen LogP contribution >= 0.6 is 0 Å². The Morgan fingerprint density at radius 3 is 1.93 bits per heavy atom. The van der Waals surface area contributed by atoms with Crippen LogP contribution in [0.2, 0.25) is 0 Å². The lowest BCUT2D eigenvalue weighted by atomic mass is 9.61. The first-order valence-electron chi connectivity index (χ1n) is 22.3. The van der Waals surface area contributed by atoms with Gasteiger partial charge in [0.1, 0.15) is 11.6 Å². The lowest BCUT2D eigenvalue weighted by molar-refractivity contribution is 0.223. The van der Waals surface area contributed by atoms with Gasteiger partial charge in [-0.1, -0.05) is 137 Å². The average Bonchev–Trinajstić information content (AvgIpc) is 3.67. The van der Waals surface area contributed by atoms with Crippen molar-refractivity contribution in [1.82, 2.24) is 14.5 Å². The Balaban J connectivity index is 1.13. The van der Waals surface area contributed by atoms with E-state index >= 15 is 0 Å². The summed E-state index contributed by atoms with van der Waals surface area (Å²) in [6, 6.07) is 51.6. The maximum absolute atomic E-state index is 11.3. The number of aromatic nitrogens is 3. The summed E-state index contributed by atoms with van der Waals surface area (Å²) in [7, 11) is 0. The summed E-state index contributed by atoms with van der Waals surface area (Å²) < 4.78 is 25.6. The van der Waals surface area contributed by atoms with Crippen LogP contribution < -0.4 is 0 Å². The number of para-hydroxylation sites is 2. The van der Waals surface area contributed by atoms with E-state index in [9.17, 15) is 5.11 Å². The van der Waals surface area contributed by atoms with Crippen LogP contribution in [-0.2, 0) is 16.2 Å².